The van der Waals surface area contributed by atoms with Gasteiger partial charge < -0.3 is 14.4 Å². The summed E-state index contributed by atoms with van der Waals surface area (Å²) < 4.78 is 38.7. The molecule has 2 aromatic carbocycles. The molecule has 1 fully saturated rings. The lowest BCUT2D eigenvalue weighted by Crippen LogP contribution is -2.45. The number of benzene rings is 2. The minimum atomic E-state index is -3.64. The van der Waals surface area contributed by atoms with E-state index in [4.69, 9.17) is 9.47 Å². The van der Waals surface area contributed by atoms with Gasteiger partial charge in [-0.2, -0.15) is 4.31 Å². The molecule has 0 saturated carbocycles. The Morgan fingerprint density at radius 3 is 2.39 bits per heavy atom. The first-order valence-corrected chi connectivity index (χ1v) is 12.2. The number of carbonyl (C=O) groups is 1. The van der Waals surface area contributed by atoms with Gasteiger partial charge in [0.1, 0.15) is 13.2 Å². The van der Waals surface area contributed by atoms with E-state index in [2.05, 4.69) is 12.1 Å². The average Bonchev–Trinajstić information content (AvgIpc) is 2.83. The number of ether oxygens (including phenoxy) is 2. The molecule has 5 rings (SSSR count). The molecule has 31 heavy (non-hydrogen) atoms. The number of sulfonamides is 1. The first-order valence-electron chi connectivity index (χ1n) is 10.8. The average molecular weight is 443 g/mol. The highest BCUT2D eigenvalue weighted by atomic mass is 32.2. The van der Waals surface area contributed by atoms with Gasteiger partial charge in [-0.3, -0.25) is 4.79 Å². The van der Waals surface area contributed by atoms with Crippen molar-refractivity contribution in [1.29, 1.82) is 0 Å². The van der Waals surface area contributed by atoms with Crippen molar-refractivity contribution in [3.05, 3.63) is 53.6 Å². The van der Waals surface area contributed by atoms with Crippen molar-refractivity contribution < 1.29 is 22.7 Å². The topological polar surface area (TPSA) is 76.2 Å². The molecule has 0 bridgehead atoms. The summed E-state index contributed by atoms with van der Waals surface area (Å²) in [6.45, 7) is 2.93. The lowest BCUT2D eigenvalue weighted by atomic mass is 9.94. The monoisotopic (exact) mass is 442 g/mol. The van der Waals surface area contributed by atoms with Crippen LogP contribution in [0.15, 0.2) is 47.4 Å². The molecular formula is C23H26N2O5S. The standard InChI is InChI=1S/C23H26N2O5S/c26-23(24-10-7-17-3-1-2-4-19(17)16-24)18-8-11-25(12-9-18)31(27,28)20-5-6-21-22(15-20)30-14-13-29-21/h1-6,15,18H,7-14,16H2. The summed E-state index contributed by atoms with van der Waals surface area (Å²) in [5, 5.41) is 0. The fourth-order valence-corrected chi connectivity index (χ4v) is 6.10. The number of nitrogens with zero attached hydrogens (tertiary/aromatic N) is 2. The van der Waals surface area contributed by atoms with Crippen LogP contribution >= 0.6 is 0 Å². The van der Waals surface area contributed by atoms with Gasteiger partial charge >= 0.3 is 0 Å². The van der Waals surface area contributed by atoms with E-state index >= 15 is 0 Å². The largest absolute Gasteiger partial charge is 0.486 e. The Balaban J connectivity index is 1.23. The fourth-order valence-electron chi connectivity index (χ4n) is 4.62. The Kier molecular flexibility index (Phi) is 5.35. The Bertz CT molecular complexity index is 1090. The van der Waals surface area contributed by atoms with Crippen molar-refractivity contribution in [3.8, 4) is 11.5 Å². The Morgan fingerprint density at radius 1 is 0.903 bits per heavy atom. The number of piperidine rings is 1. The molecule has 164 valence electrons. The van der Waals surface area contributed by atoms with Crippen molar-refractivity contribution in [2.45, 2.75) is 30.7 Å². The van der Waals surface area contributed by atoms with Crippen LogP contribution in [0.5, 0.6) is 11.5 Å². The molecule has 1 amide bonds. The number of hydrogen-bond acceptors (Lipinski definition) is 5. The third-order valence-electron chi connectivity index (χ3n) is 6.40. The second-order valence-corrected chi connectivity index (χ2v) is 10.2. The first-order chi connectivity index (χ1) is 15.0. The van der Waals surface area contributed by atoms with E-state index in [1.54, 1.807) is 12.1 Å². The van der Waals surface area contributed by atoms with Gasteiger partial charge in [-0.05, 0) is 42.5 Å². The van der Waals surface area contributed by atoms with E-state index in [0.717, 1.165) is 13.0 Å². The van der Waals surface area contributed by atoms with Gasteiger partial charge in [0.25, 0.3) is 0 Å². The molecule has 0 atom stereocenters. The van der Waals surface area contributed by atoms with Crippen LogP contribution in [-0.2, 0) is 27.8 Å². The quantitative estimate of drug-likeness (QED) is 0.730. The summed E-state index contributed by atoms with van der Waals surface area (Å²) >= 11 is 0. The third-order valence-corrected chi connectivity index (χ3v) is 8.29. The van der Waals surface area contributed by atoms with Crippen LogP contribution in [0, 0.1) is 5.92 Å². The third kappa shape index (κ3) is 3.90. The summed E-state index contributed by atoms with van der Waals surface area (Å²) in [6, 6.07) is 13.0. The molecule has 0 aliphatic carbocycles. The Hall–Kier alpha value is -2.58. The fraction of sp³-hybridized carbons (Fsp3) is 0.435. The summed E-state index contributed by atoms with van der Waals surface area (Å²) in [4.78, 5) is 15.2. The number of fused-ring (bicyclic) bond motifs is 2. The molecule has 8 heteroatoms. The van der Waals surface area contributed by atoms with E-state index in [1.165, 1.54) is 21.5 Å². The van der Waals surface area contributed by atoms with Gasteiger partial charge in [-0.1, -0.05) is 24.3 Å². The van der Waals surface area contributed by atoms with Crippen LogP contribution in [0.2, 0.25) is 0 Å². The van der Waals surface area contributed by atoms with Gasteiger partial charge in [0.05, 0.1) is 4.90 Å². The molecule has 3 aliphatic rings. The Labute approximate surface area is 182 Å². The SMILES string of the molecule is O=C(C1CCN(S(=O)(=O)c2ccc3c(c2)OCCO3)CC1)N1CCc2ccccc2C1. The number of hydrogen-bond donors (Lipinski definition) is 0. The van der Waals surface area contributed by atoms with Crippen molar-refractivity contribution in [2.24, 2.45) is 5.92 Å². The van der Waals surface area contributed by atoms with E-state index in [0.29, 0.717) is 57.2 Å². The van der Waals surface area contributed by atoms with E-state index < -0.39 is 10.0 Å². The van der Waals surface area contributed by atoms with Gasteiger partial charge in [-0.15, -0.1) is 0 Å². The smallest absolute Gasteiger partial charge is 0.243 e. The highest BCUT2D eigenvalue weighted by Crippen LogP contribution is 2.34. The van der Waals surface area contributed by atoms with E-state index in [-0.39, 0.29) is 16.7 Å². The van der Waals surface area contributed by atoms with E-state index in [9.17, 15) is 13.2 Å². The summed E-state index contributed by atoms with van der Waals surface area (Å²) in [5.74, 6) is 1.04. The molecule has 0 radical (unpaired) electrons. The second kappa shape index (κ2) is 8.16. The summed E-state index contributed by atoms with van der Waals surface area (Å²) in [7, 11) is -3.64. The number of rotatable bonds is 3. The molecule has 2 aromatic rings. The molecule has 0 N–H and O–H groups in total. The van der Waals surface area contributed by atoms with Gasteiger partial charge in [0.2, 0.25) is 15.9 Å². The lowest BCUT2D eigenvalue weighted by molar-refractivity contribution is -0.137. The molecule has 7 nitrogen and oxygen atoms in total. The van der Waals surface area contributed by atoms with Crippen molar-refractivity contribution in [3.63, 3.8) is 0 Å². The van der Waals surface area contributed by atoms with Crippen LogP contribution < -0.4 is 9.47 Å². The number of amides is 1. The maximum Gasteiger partial charge on any atom is 0.243 e. The second-order valence-electron chi connectivity index (χ2n) is 8.26. The minimum absolute atomic E-state index is 0.128. The highest BCUT2D eigenvalue weighted by Gasteiger charge is 2.35. The maximum atomic E-state index is 13.1. The zero-order valence-corrected chi connectivity index (χ0v) is 18.1. The van der Waals surface area contributed by atoms with Gasteiger partial charge in [-0.25, -0.2) is 8.42 Å². The predicted octanol–water partition coefficient (Wildman–Crippen LogP) is 2.44. The number of carbonyl (C=O) groups excluding carboxylic acids is 1. The van der Waals surface area contributed by atoms with Crippen LogP contribution in [0.3, 0.4) is 0 Å². The predicted molar refractivity (Wildman–Crippen MR) is 114 cm³/mol. The van der Waals surface area contributed by atoms with Crippen LogP contribution in [-0.4, -0.2) is 56.4 Å². The maximum absolute atomic E-state index is 13.1. The van der Waals surface area contributed by atoms with Gasteiger partial charge in [0, 0.05) is 38.2 Å². The van der Waals surface area contributed by atoms with Crippen molar-refractivity contribution in [2.75, 3.05) is 32.8 Å². The first kappa shape index (κ1) is 20.3. The van der Waals surface area contributed by atoms with Gasteiger partial charge in [0.15, 0.2) is 11.5 Å². The normalized spacial score (nSPS) is 19.7. The minimum Gasteiger partial charge on any atom is -0.486 e. The van der Waals surface area contributed by atoms with Crippen molar-refractivity contribution >= 4 is 15.9 Å². The molecule has 3 heterocycles. The lowest BCUT2D eigenvalue weighted by Gasteiger charge is -2.35. The van der Waals surface area contributed by atoms with Crippen LogP contribution in [0.4, 0.5) is 0 Å². The summed E-state index contributed by atoms with van der Waals surface area (Å²) in [6.07, 6.45) is 1.96. The van der Waals surface area contributed by atoms with E-state index in [1.807, 2.05) is 17.0 Å². The van der Waals surface area contributed by atoms with Crippen molar-refractivity contribution in [1.82, 2.24) is 9.21 Å². The molecule has 3 aliphatic heterocycles. The molecule has 0 unspecified atom stereocenters. The summed E-state index contributed by atoms with van der Waals surface area (Å²) in [5.41, 5.74) is 2.52. The zero-order valence-electron chi connectivity index (χ0n) is 17.3. The molecule has 1 saturated heterocycles. The molecule has 0 spiro atoms. The molecular weight excluding hydrogens is 416 g/mol. The van der Waals surface area contributed by atoms with Crippen LogP contribution in [0.1, 0.15) is 24.0 Å². The van der Waals surface area contributed by atoms with Crippen LogP contribution in [0.25, 0.3) is 0 Å². The highest BCUT2D eigenvalue weighted by molar-refractivity contribution is 7.89. The molecule has 0 aromatic heterocycles. The zero-order chi connectivity index (χ0) is 21.4. The Morgan fingerprint density at radius 2 is 1.61 bits per heavy atom.